The Kier molecular flexibility index (Phi) is 6.00. The van der Waals surface area contributed by atoms with Crippen LogP contribution in [0.15, 0.2) is 18.5 Å². The van der Waals surface area contributed by atoms with Gasteiger partial charge in [-0.25, -0.2) is 9.97 Å². The van der Waals surface area contributed by atoms with Gasteiger partial charge in [-0.2, -0.15) is 13.2 Å². The lowest BCUT2D eigenvalue weighted by molar-refractivity contribution is -0.274. The monoisotopic (exact) mass is 478 g/mol. The number of anilines is 1. The number of aliphatic hydroxyl groups excluding tert-OH is 1. The van der Waals surface area contributed by atoms with Crippen LogP contribution in [0.1, 0.15) is 56.9 Å². The molecule has 12 heteroatoms. The maximum absolute atomic E-state index is 13.2. The number of rotatable bonds is 9. The number of aliphatic hydroxyl groups is 1. The number of nitrogens with two attached hydrogens (primary N) is 1. The van der Waals surface area contributed by atoms with Gasteiger partial charge in [0, 0.05) is 24.5 Å². The fourth-order valence-corrected chi connectivity index (χ4v) is 4.84. The number of nitrogen functional groups attached to an aromatic ring is 1. The quantitative estimate of drug-likeness (QED) is 0.373. The van der Waals surface area contributed by atoms with E-state index in [0.29, 0.717) is 11.8 Å². The smallest absolute Gasteiger partial charge is 0.402 e. The number of nitrogens with zero attached hydrogens (tertiary/aromatic N) is 3. The van der Waals surface area contributed by atoms with Crippen LogP contribution in [-0.2, 0) is 6.54 Å². The molecule has 3 aliphatic carbocycles. The highest BCUT2D eigenvalue weighted by Crippen LogP contribution is 2.66. The van der Waals surface area contributed by atoms with Crippen LogP contribution in [0.2, 0.25) is 0 Å². The minimum absolute atomic E-state index is 0.0264. The van der Waals surface area contributed by atoms with Gasteiger partial charge in [-0.05, 0) is 49.5 Å². The van der Waals surface area contributed by atoms with E-state index in [2.05, 4.69) is 14.7 Å². The summed E-state index contributed by atoms with van der Waals surface area (Å²) in [7, 11) is 0. The number of ether oxygens (including phenoxy) is 1. The van der Waals surface area contributed by atoms with Crippen LogP contribution >= 0.6 is 0 Å². The van der Waals surface area contributed by atoms with E-state index in [9.17, 15) is 31.4 Å². The van der Waals surface area contributed by atoms with Crippen LogP contribution in [0, 0.1) is 11.3 Å². The highest BCUT2D eigenvalue weighted by atomic mass is 19.4. The first kappa shape index (κ1) is 23.7. The molecular formula is C21H24F6N4O2. The molecule has 1 unspecified atom stereocenters. The second kappa shape index (κ2) is 8.37. The Morgan fingerprint density at radius 2 is 1.85 bits per heavy atom. The number of unbranched alkanes of at least 4 members (excludes halogenated alkanes) is 2. The summed E-state index contributed by atoms with van der Waals surface area (Å²) in [4.78, 5) is 7.47. The summed E-state index contributed by atoms with van der Waals surface area (Å²) >= 11 is 0. The standard InChI is InChI=1S/C21H24F6N4O2/c22-20(23,24)16(32)18-30-14(13-6-15(17(28)29-10-13)33-21(25,26)27)11-31(18)5-3-1-2-4-19-7-12(8-19)9-19/h6,10-12,16,32H,1-5,7-9H2,(H2,28,29). The van der Waals surface area contributed by atoms with Crippen molar-refractivity contribution in [2.24, 2.45) is 11.3 Å². The van der Waals surface area contributed by atoms with Gasteiger partial charge in [-0.1, -0.05) is 12.8 Å². The Hall–Kier alpha value is -2.50. The molecule has 3 saturated carbocycles. The van der Waals surface area contributed by atoms with Gasteiger partial charge in [0.1, 0.15) is 5.82 Å². The van der Waals surface area contributed by atoms with Crippen LogP contribution < -0.4 is 10.5 Å². The third-order valence-electron chi connectivity index (χ3n) is 6.54. The molecule has 6 nitrogen and oxygen atoms in total. The number of aromatic nitrogens is 3. The van der Waals surface area contributed by atoms with Crippen molar-refractivity contribution in [3.8, 4) is 17.0 Å². The first-order valence-electron chi connectivity index (χ1n) is 10.7. The predicted molar refractivity (Wildman–Crippen MR) is 106 cm³/mol. The van der Waals surface area contributed by atoms with Crippen molar-refractivity contribution in [1.29, 1.82) is 0 Å². The highest BCUT2D eigenvalue weighted by molar-refractivity contribution is 5.63. The SMILES string of the molecule is Nc1ncc(-c2cn(CCCCCC34CC(C3)C4)c(C(O)C(F)(F)F)n2)cc1OC(F)(F)F. The maximum atomic E-state index is 13.2. The molecule has 0 saturated heterocycles. The van der Waals surface area contributed by atoms with Gasteiger partial charge >= 0.3 is 12.5 Å². The number of pyridine rings is 1. The van der Waals surface area contributed by atoms with Crippen molar-refractivity contribution in [2.45, 2.75) is 70.1 Å². The Bertz CT molecular complexity index is 987. The zero-order valence-corrected chi connectivity index (χ0v) is 17.6. The zero-order valence-electron chi connectivity index (χ0n) is 17.6. The van der Waals surface area contributed by atoms with Gasteiger partial charge in [0.15, 0.2) is 11.6 Å². The number of halogens is 6. The fraction of sp³-hybridized carbons (Fsp3) is 0.619. The van der Waals surface area contributed by atoms with Crippen LogP contribution in [0.25, 0.3) is 11.3 Å². The molecule has 2 aromatic rings. The molecule has 2 heterocycles. The summed E-state index contributed by atoms with van der Waals surface area (Å²) in [5.41, 5.74) is 5.80. The van der Waals surface area contributed by atoms with E-state index in [-0.39, 0.29) is 17.8 Å². The Labute approximate surface area is 185 Å². The van der Waals surface area contributed by atoms with Crippen LogP contribution in [0.4, 0.5) is 32.2 Å². The topological polar surface area (TPSA) is 86.2 Å². The lowest BCUT2D eigenvalue weighted by Gasteiger charge is -2.62. The number of aryl methyl sites for hydroxylation is 1. The molecule has 182 valence electrons. The van der Waals surface area contributed by atoms with Crippen molar-refractivity contribution < 1.29 is 36.2 Å². The number of hydrogen-bond donors (Lipinski definition) is 2. The molecule has 1 atom stereocenters. The maximum Gasteiger partial charge on any atom is 0.573 e. The van der Waals surface area contributed by atoms with Gasteiger partial charge < -0.3 is 20.1 Å². The van der Waals surface area contributed by atoms with Gasteiger partial charge in [0.25, 0.3) is 0 Å². The average Bonchev–Trinajstić information content (AvgIpc) is 3.05. The highest BCUT2D eigenvalue weighted by Gasteiger charge is 2.55. The van der Waals surface area contributed by atoms with E-state index in [0.717, 1.165) is 37.4 Å². The normalized spacial score (nSPS) is 23.1. The van der Waals surface area contributed by atoms with E-state index in [1.807, 2.05) is 0 Å². The molecule has 3 N–H and O–H groups in total. The molecule has 0 amide bonds. The third kappa shape index (κ3) is 5.20. The Balaban J connectivity index is 1.49. The van der Waals surface area contributed by atoms with Crippen LogP contribution in [0.5, 0.6) is 5.75 Å². The van der Waals surface area contributed by atoms with Crippen LogP contribution in [0.3, 0.4) is 0 Å². The van der Waals surface area contributed by atoms with E-state index < -0.39 is 36.0 Å². The molecule has 3 aliphatic rings. The molecule has 0 aliphatic heterocycles. The Morgan fingerprint density at radius 1 is 1.15 bits per heavy atom. The summed E-state index contributed by atoms with van der Waals surface area (Å²) in [5, 5.41) is 9.79. The zero-order chi connectivity index (χ0) is 24.0. The van der Waals surface area contributed by atoms with E-state index in [1.54, 1.807) is 0 Å². The molecule has 3 fully saturated rings. The second-order valence-electron chi connectivity index (χ2n) is 9.07. The summed E-state index contributed by atoms with van der Waals surface area (Å²) in [6.45, 7) is 0.180. The lowest BCUT2D eigenvalue weighted by Crippen LogP contribution is -2.51. The predicted octanol–water partition coefficient (Wildman–Crippen LogP) is 5.38. The van der Waals surface area contributed by atoms with Crippen molar-refractivity contribution in [1.82, 2.24) is 14.5 Å². The number of imidazole rings is 1. The summed E-state index contributed by atoms with van der Waals surface area (Å²) < 4.78 is 82.3. The minimum Gasteiger partial charge on any atom is -0.402 e. The first-order chi connectivity index (χ1) is 15.4. The summed E-state index contributed by atoms with van der Waals surface area (Å²) in [6, 6.07) is 0.899. The summed E-state index contributed by atoms with van der Waals surface area (Å²) in [5.74, 6) is -1.06. The molecule has 0 radical (unpaired) electrons. The molecule has 0 aromatic carbocycles. The first-order valence-corrected chi connectivity index (χ1v) is 10.7. The van der Waals surface area contributed by atoms with E-state index in [1.165, 1.54) is 30.0 Å². The molecule has 2 bridgehead atoms. The molecule has 2 aromatic heterocycles. The van der Waals surface area contributed by atoms with E-state index in [4.69, 9.17) is 5.73 Å². The van der Waals surface area contributed by atoms with Gasteiger partial charge in [0.2, 0.25) is 6.10 Å². The molecule has 0 spiro atoms. The lowest BCUT2D eigenvalue weighted by atomic mass is 9.43. The van der Waals surface area contributed by atoms with Gasteiger partial charge in [-0.3, -0.25) is 0 Å². The van der Waals surface area contributed by atoms with Crippen molar-refractivity contribution >= 4 is 5.82 Å². The number of hydrogen-bond acceptors (Lipinski definition) is 5. The molecule has 33 heavy (non-hydrogen) atoms. The van der Waals surface area contributed by atoms with E-state index >= 15 is 0 Å². The fourth-order valence-electron chi connectivity index (χ4n) is 4.84. The summed E-state index contributed by atoms with van der Waals surface area (Å²) in [6.07, 6.45) is -3.11. The van der Waals surface area contributed by atoms with Crippen molar-refractivity contribution in [3.05, 3.63) is 24.3 Å². The second-order valence-corrected chi connectivity index (χ2v) is 9.07. The Morgan fingerprint density at radius 3 is 2.42 bits per heavy atom. The van der Waals surface area contributed by atoms with Crippen molar-refractivity contribution in [2.75, 3.05) is 5.73 Å². The van der Waals surface area contributed by atoms with Gasteiger partial charge in [-0.15, -0.1) is 13.2 Å². The minimum atomic E-state index is -5.02. The third-order valence-corrected chi connectivity index (χ3v) is 6.54. The van der Waals surface area contributed by atoms with Crippen molar-refractivity contribution in [3.63, 3.8) is 0 Å². The molecule has 5 rings (SSSR count). The van der Waals surface area contributed by atoms with Gasteiger partial charge in [0.05, 0.1) is 5.69 Å². The van der Waals surface area contributed by atoms with Crippen LogP contribution in [-0.4, -0.2) is 32.2 Å². The largest absolute Gasteiger partial charge is 0.573 e. The number of alkyl halides is 6. The molecular weight excluding hydrogens is 454 g/mol. The average molecular weight is 478 g/mol.